The van der Waals surface area contributed by atoms with Crippen LogP contribution in [-0.4, -0.2) is 34.9 Å². The van der Waals surface area contributed by atoms with E-state index in [1.54, 1.807) is 11.8 Å². The number of carbonyl (C=O) groups is 1. The second-order valence-electron chi connectivity index (χ2n) is 6.54. The highest BCUT2D eigenvalue weighted by molar-refractivity contribution is 9.10. The number of rotatable bonds is 4. The zero-order chi connectivity index (χ0) is 16.5. The molecule has 1 aliphatic rings. The first-order valence-electron chi connectivity index (χ1n) is 7.22. The maximum Gasteiger partial charge on any atom is 0.321 e. The van der Waals surface area contributed by atoms with Crippen molar-refractivity contribution >= 4 is 33.7 Å². The van der Waals surface area contributed by atoms with Gasteiger partial charge in [-0.3, -0.25) is 10.1 Å². The third-order valence-corrected chi connectivity index (χ3v) is 5.66. The summed E-state index contributed by atoms with van der Waals surface area (Å²) in [6.45, 7) is 8.95. The van der Waals surface area contributed by atoms with Gasteiger partial charge < -0.3 is 9.84 Å². The third-order valence-electron chi connectivity index (χ3n) is 3.61. The lowest BCUT2D eigenvalue weighted by molar-refractivity contribution is -0.138. The zero-order valence-corrected chi connectivity index (χ0v) is 15.7. The van der Waals surface area contributed by atoms with Gasteiger partial charge in [-0.15, -0.1) is 11.8 Å². The lowest BCUT2D eigenvalue weighted by Crippen LogP contribution is -2.38. The van der Waals surface area contributed by atoms with Crippen molar-refractivity contribution < 1.29 is 14.6 Å². The lowest BCUT2D eigenvalue weighted by atomic mass is 9.86. The van der Waals surface area contributed by atoms with Gasteiger partial charge in [0.25, 0.3) is 0 Å². The first-order valence-corrected chi connectivity index (χ1v) is 9.06. The van der Waals surface area contributed by atoms with Gasteiger partial charge in [0.15, 0.2) is 0 Å². The number of carboxylic acids is 1. The zero-order valence-electron chi connectivity index (χ0n) is 13.3. The van der Waals surface area contributed by atoms with Crippen molar-refractivity contribution in [3.8, 4) is 5.75 Å². The summed E-state index contributed by atoms with van der Waals surface area (Å²) < 4.78 is 7.09. The second-order valence-corrected chi connectivity index (χ2v) is 8.63. The van der Waals surface area contributed by atoms with Crippen LogP contribution < -0.4 is 10.1 Å². The van der Waals surface area contributed by atoms with Crippen molar-refractivity contribution in [1.82, 2.24) is 5.32 Å². The molecular weight excluding hydrogens is 366 g/mol. The number of carboxylic acid groups (broad SMARTS) is 1. The van der Waals surface area contributed by atoms with Crippen LogP contribution in [-0.2, 0) is 10.2 Å². The van der Waals surface area contributed by atoms with E-state index in [0.717, 1.165) is 21.3 Å². The van der Waals surface area contributed by atoms with Crippen LogP contribution in [0.3, 0.4) is 0 Å². The fourth-order valence-corrected chi connectivity index (χ4v) is 3.73. The molecule has 1 aromatic carbocycles. The number of halogens is 1. The topological polar surface area (TPSA) is 58.6 Å². The predicted octanol–water partition coefficient (Wildman–Crippen LogP) is 3.55. The van der Waals surface area contributed by atoms with Crippen LogP contribution in [0.5, 0.6) is 5.75 Å². The molecule has 0 aliphatic carbocycles. The van der Waals surface area contributed by atoms with Gasteiger partial charge in [0.2, 0.25) is 0 Å². The number of aryl methyl sites for hydroxylation is 1. The molecule has 0 saturated carbocycles. The van der Waals surface area contributed by atoms with Crippen molar-refractivity contribution in [2.75, 3.05) is 12.4 Å². The van der Waals surface area contributed by atoms with E-state index in [2.05, 4.69) is 48.1 Å². The van der Waals surface area contributed by atoms with E-state index in [1.165, 1.54) is 0 Å². The molecule has 2 unspecified atom stereocenters. The van der Waals surface area contributed by atoms with E-state index in [1.807, 2.05) is 13.0 Å². The molecule has 1 aromatic rings. The molecule has 2 atom stereocenters. The molecule has 1 heterocycles. The number of hydrogen-bond acceptors (Lipinski definition) is 4. The van der Waals surface area contributed by atoms with Gasteiger partial charge in [-0.1, -0.05) is 36.7 Å². The summed E-state index contributed by atoms with van der Waals surface area (Å²) in [6.07, 6.45) is 0. The third kappa shape index (κ3) is 4.18. The largest absolute Gasteiger partial charge is 0.491 e. The Morgan fingerprint density at radius 2 is 2.18 bits per heavy atom. The summed E-state index contributed by atoms with van der Waals surface area (Å²) in [5, 5.41) is 12.1. The fraction of sp³-hybridized carbons (Fsp3) is 0.562. The first kappa shape index (κ1) is 17.6. The molecular formula is C16H22BrNO3S. The van der Waals surface area contributed by atoms with Crippen molar-refractivity contribution in [3.63, 3.8) is 0 Å². The standard InChI is InChI=1S/C16H22BrNO3S/c1-9-5-13(10(6-11(9)17)16(2,3)4)21-7-14-18-12(8-22-14)15(19)20/h5-6,12,14,18H,7-8H2,1-4H3,(H,19,20). The Labute approximate surface area is 144 Å². The minimum atomic E-state index is -0.801. The average Bonchev–Trinajstić information content (AvgIpc) is 2.87. The normalized spacial score (nSPS) is 21.9. The van der Waals surface area contributed by atoms with Gasteiger partial charge in [0.1, 0.15) is 18.4 Å². The van der Waals surface area contributed by atoms with Gasteiger partial charge >= 0.3 is 5.97 Å². The lowest BCUT2D eigenvalue weighted by Gasteiger charge is -2.25. The smallest absolute Gasteiger partial charge is 0.321 e. The molecule has 122 valence electrons. The minimum Gasteiger partial charge on any atom is -0.491 e. The van der Waals surface area contributed by atoms with Crippen LogP contribution in [0.25, 0.3) is 0 Å². The number of hydrogen-bond donors (Lipinski definition) is 2. The maximum absolute atomic E-state index is 11.0. The number of nitrogens with one attached hydrogen (secondary N) is 1. The molecule has 0 radical (unpaired) electrons. The van der Waals surface area contributed by atoms with E-state index in [0.29, 0.717) is 12.4 Å². The van der Waals surface area contributed by atoms with E-state index in [-0.39, 0.29) is 10.8 Å². The highest BCUT2D eigenvalue weighted by atomic mass is 79.9. The number of thioether (sulfide) groups is 1. The molecule has 2 rings (SSSR count). The summed E-state index contributed by atoms with van der Waals surface area (Å²) in [7, 11) is 0. The highest BCUT2D eigenvalue weighted by Gasteiger charge is 2.30. The first-order chi connectivity index (χ1) is 10.2. The maximum atomic E-state index is 11.0. The van der Waals surface area contributed by atoms with Crippen molar-refractivity contribution in [3.05, 3.63) is 27.7 Å². The number of aliphatic carboxylic acids is 1. The average molecular weight is 388 g/mol. The van der Waals surface area contributed by atoms with Gasteiger partial charge in [-0.05, 0) is 30.0 Å². The van der Waals surface area contributed by atoms with Gasteiger partial charge in [-0.2, -0.15) is 0 Å². The van der Waals surface area contributed by atoms with Crippen LogP contribution in [0, 0.1) is 6.92 Å². The van der Waals surface area contributed by atoms with Gasteiger partial charge in [0, 0.05) is 15.8 Å². The number of ether oxygens (including phenoxy) is 1. The van der Waals surface area contributed by atoms with E-state index < -0.39 is 12.0 Å². The molecule has 4 nitrogen and oxygen atoms in total. The second kappa shape index (κ2) is 6.81. The summed E-state index contributed by atoms with van der Waals surface area (Å²) in [5.41, 5.74) is 2.24. The summed E-state index contributed by atoms with van der Waals surface area (Å²) in [5.74, 6) is 0.647. The summed E-state index contributed by atoms with van der Waals surface area (Å²) >= 11 is 5.17. The van der Waals surface area contributed by atoms with Crippen LogP contribution in [0.1, 0.15) is 31.9 Å². The highest BCUT2D eigenvalue weighted by Crippen LogP contribution is 2.36. The van der Waals surface area contributed by atoms with Crippen LogP contribution in [0.4, 0.5) is 0 Å². The van der Waals surface area contributed by atoms with Gasteiger partial charge in [0.05, 0.1) is 5.37 Å². The van der Waals surface area contributed by atoms with Crippen LogP contribution >= 0.6 is 27.7 Å². The Morgan fingerprint density at radius 1 is 1.50 bits per heavy atom. The van der Waals surface area contributed by atoms with Gasteiger partial charge in [-0.25, -0.2) is 0 Å². The predicted molar refractivity (Wildman–Crippen MR) is 93.9 cm³/mol. The quantitative estimate of drug-likeness (QED) is 0.826. The Kier molecular flexibility index (Phi) is 5.45. The van der Waals surface area contributed by atoms with Crippen LogP contribution in [0.15, 0.2) is 16.6 Å². The van der Waals surface area contributed by atoms with Crippen molar-refractivity contribution in [2.24, 2.45) is 0 Å². The van der Waals surface area contributed by atoms with Crippen molar-refractivity contribution in [1.29, 1.82) is 0 Å². The van der Waals surface area contributed by atoms with Crippen molar-refractivity contribution in [2.45, 2.75) is 44.5 Å². The van der Waals surface area contributed by atoms with Crippen LogP contribution in [0.2, 0.25) is 0 Å². The molecule has 1 fully saturated rings. The molecule has 2 N–H and O–H groups in total. The Balaban J connectivity index is 2.10. The molecule has 0 amide bonds. The molecule has 22 heavy (non-hydrogen) atoms. The Morgan fingerprint density at radius 3 is 2.73 bits per heavy atom. The Hall–Kier alpha value is -0.720. The summed E-state index contributed by atoms with van der Waals surface area (Å²) in [4.78, 5) is 11.0. The molecule has 0 spiro atoms. The summed E-state index contributed by atoms with van der Waals surface area (Å²) in [6, 6.07) is 3.67. The SMILES string of the molecule is Cc1cc(OCC2NC(C(=O)O)CS2)c(C(C)(C)C)cc1Br. The molecule has 6 heteroatoms. The van der Waals surface area contributed by atoms with E-state index in [9.17, 15) is 4.79 Å². The molecule has 1 saturated heterocycles. The minimum absolute atomic E-state index is 0.0119. The van der Waals surface area contributed by atoms with E-state index >= 15 is 0 Å². The number of benzene rings is 1. The van der Waals surface area contributed by atoms with E-state index in [4.69, 9.17) is 9.84 Å². The fourth-order valence-electron chi connectivity index (χ4n) is 2.30. The molecule has 0 aromatic heterocycles. The molecule has 1 aliphatic heterocycles. The Bertz CT molecular complexity index is 571. The monoisotopic (exact) mass is 387 g/mol. The molecule has 0 bridgehead atoms.